The van der Waals surface area contributed by atoms with Crippen molar-refractivity contribution in [3.8, 4) is 0 Å². The van der Waals surface area contributed by atoms with Gasteiger partial charge in [-0.2, -0.15) is 0 Å². The zero-order valence-corrected chi connectivity index (χ0v) is 19.0. The summed E-state index contributed by atoms with van der Waals surface area (Å²) in [6, 6.07) is 14.9. The van der Waals surface area contributed by atoms with Crippen molar-refractivity contribution in [2.45, 2.75) is 64.1 Å². The number of hydrogen-bond acceptors (Lipinski definition) is 4. The molecule has 168 valence electrons. The quantitative estimate of drug-likeness (QED) is 0.233. The predicted octanol–water partition coefficient (Wildman–Crippen LogP) is 5.32. The maximum Gasteiger partial charge on any atom is 0.131 e. The van der Waals surface area contributed by atoms with Crippen LogP contribution < -0.4 is 10.6 Å². The molecule has 0 aliphatic heterocycles. The largest absolute Gasteiger partial charge is 0.379 e. The number of hydrogen-bond donors (Lipinski definition) is 4. The Kier molecular flexibility index (Phi) is 7.07. The number of nitrogens with one attached hydrogen (secondary N) is 2. The first-order valence-corrected chi connectivity index (χ1v) is 11.6. The number of benzene rings is 3. The molecule has 1 fully saturated rings. The van der Waals surface area contributed by atoms with E-state index in [-0.39, 0.29) is 12.1 Å². The summed E-state index contributed by atoms with van der Waals surface area (Å²) in [4.78, 5) is 0. The zero-order chi connectivity index (χ0) is 22.7. The van der Waals surface area contributed by atoms with Gasteiger partial charge in [-0.25, -0.2) is 0 Å². The number of aryl methyl sites for hydroxylation is 1. The lowest BCUT2D eigenvalue weighted by Gasteiger charge is -2.35. The second kappa shape index (κ2) is 9.97. The Bertz CT molecular complexity index is 1140. The number of aliphatic hydroxyl groups excluding tert-OH is 2. The van der Waals surface area contributed by atoms with Crippen molar-refractivity contribution >= 4 is 27.6 Å². The van der Waals surface area contributed by atoms with Gasteiger partial charge in [0.05, 0.1) is 0 Å². The van der Waals surface area contributed by atoms with Crippen LogP contribution in [0.3, 0.4) is 0 Å². The summed E-state index contributed by atoms with van der Waals surface area (Å²) < 4.78 is 0. The van der Waals surface area contributed by atoms with Gasteiger partial charge in [-0.05, 0) is 59.4 Å². The first kappa shape index (κ1) is 22.7. The fourth-order valence-corrected chi connectivity index (χ4v) is 5.24. The highest BCUT2D eigenvalue weighted by Crippen LogP contribution is 2.37. The standard InChI is InChI=1S/C28H34N2O2/c1-4-5-11-20-18(2)27-23(22-13-7-6-12-21(20)22)14-10-15-24(27)28(32)30-26-17-9-8-16-25(26)29-19(3)31/h4-7,10-15,19,25-26,28-32H,1,8-9,16-17H2,2-3H3/b11-5-. The van der Waals surface area contributed by atoms with E-state index in [4.69, 9.17) is 0 Å². The van der Waals surface area contributed by atoms with Crippen LogP contribution in [0.2, 0.25) is 0 Å². The van der Waals surface area contributed by atoms with Gasteiger partial charge in [-0.15, -0.1) is 0 Å². The van der Waals surface area contributed by atoms with E-state index in [1.54, 1.807) is 13.0 Å². The summed E-state index contributed by atoms with van der Waals surface area (Å²) in [6.45, 7) is 7.71. The Balaban J connectivity index is 1.80. The highest BCUT2D eigenvalue weighted by Gasteiger charge is 2.28. The van der Waals surface area contributed by atoms with Crippen LogP contribution in [0.1, 0.15) is 55.5 Å². The first-order valence-electron chi connectivity index (χ1n) is 11.6. The van der Waals surface area contributed by atoms with E-state index >= 15 is 0 Å². The summed E-state index contributed by atoms with van der Waals surface area (Å²) in [5.74, 6) is 0. The molecule has 4 atom stereocenters. The number of allylic oxidation sites excluding steroid dienone is 2. The van der Waals surface area contributed by atoms with Crippen LogP contribution in [0, 0.1) is 6.92 Å². The molecular weight excluding hydrogens is 396 g/mol. The van der Waals surface area contributed by atoms with Gasteiger partial charge in [0, 0.05) is 17.6 Å². The van der Waals surface area contributed by atoms with E-state index < -0.39 is 12.5 Å². The summed E-state index contributed by atoms with van der Waals surface area (Å²) >= 11 is 0. The molecule has 0 heterocycles. The van der Waals surface area contributed by atoms with E-state index in [1.807, 2.05) is 18.2 Å². The molecule has 1 saturated carbocycles. The second-order valence-electron chi connectivity index (χ2n) is 8.86. The fourth-order valence-electron chi connectivity index (χ4n) is 5.24. The molecule has 32 heavy (non-hydrogen) atoms. The highest BCUT2D eigenvalue weighted by molar-refractivity contribution is 6.13. The average molecular weight is 431 g/mol. The number of aliphatic hydroxyl groups is 2. The molecule has 4 N–H and O–H groups in total. The van der Waals surface area contributed by atoms with Crippen LogP contribution in [-0.4, -0.2) is 28.5 Å². The third-order valence-electron chi connectivity index (χ3n) is 6.67. The van der Waals surface area contributed by atoms with Gasteiger partial charge < -0.3 is 10.2 Å². The second-order valence-corrected chi connectivity index (χ2v) is 8.86. The average Bonchev–Trinajstić information content (AvgIpc) is 2.79. The van der Waals surface area contributed by atoms with E-state index in [9.17, 15) is 10.2 Å². The molecule has 3 aromatic carbocycles. The van der Waals surface area contributed by atoms with Crippen LogP contribution in [-0.2, 0) is 0 Å². The minimum Gasteiger partial charge on any atom is -0.379 e. The maximum atomic E-state index is 11.4. The third kappa shape index (κ3) is 4.50. The predicted molar refractivity (Wildman–Crippen MR) is 134 cm³/mol. The van der Waals surface area contributed by atoms with E-state index in [0.29, 0.717) is 0 Å². The maximum absolute atomic E-state index is 11.4. The highest BCUT2D eigenvalue weighted by atomic mass is 16.3. The van der Waals surface area contributed by atoms with E-state index in [0.717, 1.165) is 53.1 Å². The molecule has 0 saturated heterocycles. The van der Waals surface area contributed by atoms with Crippen molar-refractivity contribution < 1.29 is 10.2 Å². The molecule has 4 rings (SSSR count). The van der Waals surface area contributed by atoms with Crippen molar-refractivity contribution in [1.82, 2.24) is 10.6 Å². The molecule has 1 aliphatic rings. The molecule has 0 aromatic heterocycles. The summed E-state index contributed by atoms with van der Waals surface area (Å²) in [7, 11) is 0. The minimum atomic E-state index is -0.795. The summed E-state index contributed by atoms with van der Waals surface area (Å²) in [5.41, 5.74) is 3.19. The minimum absolute atomic E-state index is 0.101. The Morgan fingerprint density at radius 3 is 2.28 bits per heavy atom. The number of rotatable bonds is 7. The summed E-state index contributed by atoms with van der Waals surface area (Å²) in [6.07, 6.45) is 8.72. The summed E-state index contributed by atoms with van der Waals surface area (Å²) in [5, 5.41) is 32.5. The van der Waals surface area contributed by atoms with Gasteiger partial charge >= 0.3 is 0 Å². The van der Waals surface area contributed by atoms with Crippen molar-refractivity contribution in [2.75, 3.05) is 0 Å². The Morgan fingerprint density at radius 2 is 1.59 bits per heavy atom. The van der Waals surface area contributed by atoms with Gasteiger partial charge in [0.25, 0.3) is 0 Å². The van der Waals surface area contributed by atoms with Crippen LogP contribution in [0.4, 0.5) is 0 Å². The molecule has 4 heteroatoms. The molecule has 1 aliphatic carbocycles. The van der Waals surface area contributed by atoms with Crippen molar-refractivity contribution in [2.24, 2.45) is 0 Å². The lowest BCUT2D eigenvalue weighted by atomic mass is 9.88. The molecule has 0 bridgehead atoms. The SMILES string of the molecule is C=C/C=C\c1c(C)c2c(C(O)NC3CCCCC3NC(C)O)cccc2c2ccccc12. The zero-order valence-electron chi connectivity index (χ0n) is 19.0. The van der Waals surface area contributed by atoms with Gasteiger partial charge in [0.15, 0.2) is 0 Å². The van der Waals surface area contributed by atoms with Crippen molar-refractivity contribution in [3.05, 3.63) is 77.9 Å². The van der Waals surface area contributed by atoms with Crippen LogP contribution in [0.15, 0.2) is 61.2 Å². The Morgan fingerprint density at radius 1 is 0.938 bits per heavy atom. The lowest BCUT2D eigenvalue weighted by molar-refractivity contribution is 0.0795. The van der Waals surface area contributed by atoms with Gasteiger partial charge in [0.1, 0.15) is 12.5 Å². The van der Waals surface area contributed by atoms with Gasteiger partial charge in [0.2, 0.25) is 0 Å². The van der Waals surface area contributed by atoms with E-state index in [2.05, 4.69) is 60.5 Å². The molecule has 0 radical (unpaired) electrons. The van der Waals surface area contributed by atoms with Gasteiger partial charge in [-0.1, -0.05) is 80.1 Å². The Labute approximate surface area is 190 Å². The lowest BCUT2D eigenvalue weighted by Crippen LogP contribution is -2.53. The molecule has 3 aromatic rings. The van der Waals surface area contributed by atoms with E-state index in [1.165, 1.54) is 10.8 Å². The molecular formula is C28H34N2O2. The van der Waals surface area contributed by atoms with Crippen LogP contribution in [0.5, 0.6) is 0 Å². The normalized spacial score (nSPS) is 21.2. The fraction of sp³-hybridized carbons (Fsp3) is 0.357. The van der Waals surface area contributed by atoms with Crippen LogP contribution in [0.25, 0.3) is 27.6 Å². The molecule has 4 unspecified atom stereocenters. The smallest absolute Gasteiger partial charge is 0.131 e. The Hall–Kier alpha value is -2.50. The molecule has 0 spiro atoms. The monoisotopic (exact) mass is 430 g/mol. The molecule has 4 nitrogen and oxygen atoms in total. The topological polar surface area (TPSA) is 64.5 Å². The number of fused-ring (bicyclic) bond motifs is 3. The van der Waals surface area contributed by atoms with Crippen LogP contribution >= 0.6 is 0 Å². The first-order chi connectivity index (χ1) is 15.5. The third-order valence-corrected chi connectivity index (χ3v) is 6.67. The van der Waals surface area contributed by atoms with Crippen molar-refractivity contribution in [3.63, 3.8) is 0 Å². The van der Waals surface area contributed by atoms with Crippen molar-refractivity contribution in [1.29, 1.82) is 0 Å². The molecule has 0 amide bonds. The van der Waals surface area contributed by atoms with Gasteiger partial charge in [-0.3, -0.25) is 10.6 Å².